The summed E-state index contributed by atoms with van der Waals surface area (Å²) in [7, 11) is 0. The van der Waals surface area contributed by atoms with Crippen molar-refractivity contribution in [2.75, 3.05) is 6.61 Å². The zero-order valence-corrected chi connectivity index (χ0v) is 10.9. The van der Waals surface area contributed by atoms with Crippen molar-refractivity contribution in [1.29, 1.82) is 5.26 Å². The largest absolute Gasteiger partial charge is 0.491 e. The lowest BCUT2D eigenvalue weighted by Crippen LogP contribution is -2.10. The summed E-state index contributed by atoms with van der Waals surface area (Å²) in [6.07, 6.45) is 0. The Morgan fingerprint density at radius 2 is 2.05 bits per heavy atom. The number of nitrogens with zero attached hydrogens (tertiary/aromatic N) is 1. The van der Waals surface area contributed by atoms with Crippen molar-refractivity contribution in [2.45, 2.75) is 12.6 Å². The second kappa shape index (κ2) is 5.24. The summed E-state index contributed by atoms with van der Waals surface area (Å²) in [5.41, 5.74) is 8.58. The quantitative estimate of drug-likeness (QED) is 0.926. The van der Waals surface area contributed by atoms with E-state index in [9.17, 15) is 0 Å². The standard InChI is InChI=1S/C16H14N2O2/c17-8-11-1-3-12(4-2-11)9-19-13-5-6-14-15(18)10-20-16(14)7-13/h1-7,15H,9-10,18H2. The molecule has 3 rings (SSSR count). The Labute approximate surface area is 117 Å². The van der Waals surface area contributed by atoms with Gasteiger partial charge in [0.15, 0.2) is 0 Å². The number of rotatable bonds is 3. The highest BCUT2D eigenvalue weighted by Crippen LogP contribution is 2.34. The third kappa shape index (κ3) is 2.44. The SMILES string of the molecule is N#Cc1ccc(COc2ccc3c(c2)OCC3N)cc1. The monoisotopic (exact) mass is 266 g/mol. The van der Waals surface area contributed by atoms with Gasteiger partial charge < -0.3 is 15.2 Å². The van der Waals surface area contributed by atoms with E-state index in [-0.39, 0.29) is 6.04 Å². The predicted molar refractivity (Wildman–Crippen MR) is 74.4 cm³/mol. The smallest absolute Gasteiger partial charge is 0.127 e. The highest BCUT2D eigenvalue weighted by Gasteiger charge is 2.20. The van der Waals surface area contributed by atoms with Gasteiger partial charge in [0.05, 0.1) is 17.7 Å². The van der Waals surface area contributed by atoms with Crippen molar-refractivity contribution in [2.24, 2.45) is 5.73 Å². The maximum Gasteiger partial charge on any atom is 0.127 e. The van der Waals surface area contributed by atoms with Crippen LogP contribution in [0.15, 0.2) is 42.5 Å². The van der Waals surface area contributed by atoms with Crippen LogP contribution in [0.2, 0.25) is 0 Å². The molecule has 0 aromatic heterocycles. The number of nitriles is 1. The van der Waals surface area contributed by atoms with Crippen LogP contribution < -0.4 is 15.2 Å². The number of fused-ring (bicyclic) bond motifs is 1. The van der Waals surface area contributed by atoms with Crippen molar-refractivity contribution >= 4 is 0 Å². The summed E-state index contributed by atoms with van der Waals surface area (Å²) in [6.45, 7) is 0.977. The fourth-order valence-corrected chi connectivity index (χ4v) is 2.15. The Hall–Kier alpha value is -2.51. The van der Waals surface area contributed by atoms with Crippen molar-refractivity contribution in [1.82, 2.24) is 0 Å². The van der Waals surface area contributed by atoms with E-state index in [1.165, 1.54) is 0 Å². The molecule has 0 fully saturated rings. The highest BCUT2D eigenvalue weighted by atomic mass is 16.5. The molecule has 2 aromatic carbocycles. The third-order valence-electron chi connectivity index (χ3n) is 3.29. The molecule has 1 atom stereocenters. The van der Waals surface area contributed by atoms with Gasteiger partial charge in [-0.05, 0) is 29.8 Å². The summed E-state index contributed by atoms with van der Waals surface area (Å²) in [4.78, 5) is 0. The molecule has 2 N–H and O–H groups in total. The fraction of sp³-hybridized carbons (Fsp3) is 0.188. The van der Waals surface area contributed by atoms with Gasteiger partial charge in [-0.1, -0.05) is 12.1 Å². The summed E-state index contributed by atoms with van der Waals surface area (Å²) in [6, 6.07) is 15.1. The first-order valence-corrected chi connectivity index (χ1v) is 6.40. The Balaban J connectivity index is 1.68. The molecule has 1 heterocycles. The van der Waals surface area contributed by atoms with Crippen molar-refractivity contribution < 1.29 is 9.47 Å². The van der Waals surface area contributed by atoms with Crippen LogP contribution in [0.4, 0.5) is 0 Å². The molecule has 100 valence electrons. The maximum absolute atomic E-state index is 8.74. The second-order valence-corrected chi connectivity index (χ2v) is 4.71. The molecule has 0 aliphatic carbocycles. The van der Waals surface area contributed by atoms with Crippen LogP contribution in [-0.4, -0.2) is 6.61 Å². The Bertz CT molecular complexity index is 659. The van der Waals surface area contributed by atoms with Crippen LogP contribution >= 0.6 is 0 Å². The minimum atomic E-state index is -0.0439. The molecule has 0 amide bonds. The minimum Gasteiger partial charge on any atom is -0.491 e. The van der Waals surface area contributed by atoms with Gasteiger partial charge in [-0.15, -0.1) is 0 Å². The number of hydrogen-bond donors (Lipinski definition) is 1. The molecule has 0 saturated carbocycles. The maximum atomic E-state index is 8.74. The van der Waals surface area contributed by atoms with Gasteiger partial charge in [0.1, 0.15) is 24.7 Å². The summed E-state index contributed by atoms with van der Waals surface area (Å²) < 4.78 is 11.2. The molecule has 4 heteroatoms. The number of nitrogens with two attached hydrogens (primary N) is 1. The van der Waals surface area contributed by atoms with E-state index in [2.05, 4.69) is 6.07 Å². The normalized spacial score (nSPS) is 16.1. The summed E-state index contributed by atoms with van der Waals surface area (Å²) >= 11 is 0. The fourth-order valence-electron chi connectivity index (χ4n) is 2.15. The zero-order chi connectivity index (χ0) is 13.9. The highest BCUT2D eigenvalue weighted by molar-refractivity contribution is 5.44. The van der Waals surface area contributed by atoms with E-state index in [1.807, 2.05) is 30.3 Å². The summed E-state index contributed by atoms with van der Waals surface area (Å²) in [5, 5.41) is 8.74. The first-order chi connectivity index (χ1) is 9.76. The third-order valence-corrected chi connectivity index (χ3v) is 3.29. The molecule has 1 aliphatic rings. The van der Waals surface area contributed by atoms with E-state index in [4.69, 9.17) is 20.5 Å². The van der Waals surface area contributed by atoms with Crippen LogP contribution in [0, 0.1) is 11.3 Å². The lowest BCUT2D eigenvalue weighted by Gasteiger charge is -2.08. The molecular formula is C16H14N2O2. The van der Waals surface area contributed by atoms with Gasteiger partial charge in [0.2, 0.25) is 0 Å². The average Bonchev–Trinajstić information content (AvgIpc) is 2.87. The lowest BCUT2D eigenvalue weighted by atomic mass is 10.1. The van der Waals surface area contributed by atoms with Gasteiger partial charge >= 0.3 is 0 Å². The van der Waals surface area contributed by atoms with Gasteiger partial charge in [0, 0.05) is 11.6 Å². The molecule has 0 bridgehead atoms. The molecule has 1 unspecified atom stereocenters. The molecule has 4 nitrogen and oxygen atoms in total. The Morgan fingerprint density at radius 3 is 2.80 bits per heavy atom. The molecule has 2 aromatic rings. The van der Waals surface area contributed by atoms with Crippen LogP contribution in [-0.2, 0) is 6.61 Å². The number of hydrogen-bond acceptors (Lipinski definition) is 4. The van der Waals surface area contributed by atoms with Crippen molar-refractivity contribution in [3.8, 4) is 17.6 Å². The Kier molecular flexibility index (Phi) is 3.28. The van der Waals surface area contributed by atoms with Crippen LogP contribution in [0.3, 0.4) is 0 Å². The van der Waals surface area contributed by atoms with E-state index in [1.54, 1.807) is 12.1 Å². The first kappa shape index (κ1) is 12.5. The van der Waals surface area contributed by atoms with E-state index >= 15 is 0 Å². The van der Waals surface area contributed by atoms with Gasteiger partial charge in [-0.25, -0.2) is 0 Å². The topological polar surface area (TPSA) is 68.3 Å². The van der Waals surface area contributed by atoms with Crippen LogP contribution in [0.1, 0.15) is 22.7 Å². The predicted octanol–water partition coefficient (Wildman–Crippen LogP) is 2.53. The van der Waals surface area contributed by atoms with Crippen LogP contribution in [0.25, 0.3) is 0 Å². The van der Waals surface area contributed by atoms with Crippen molar-refractivity contribution in [3.63, 3.8) is 0 Å². The minimum absolute atomic E-state index is 0.0439. The van der Waals surface area contributed by atoms with E-state index in [0.29, 0.717) is 18.8 Å². The second-order valence-electron chi connectivity index (χ2n) is 4.71. The number of benzene rings is 2. The molecule has 0 radical (unpaired) electrons. The van der Waals surface area contributed by atoms with E-state index in [0.717, 1.165) is 22.6 Å². The molecule has 20 heavy (non-hydrogen) atoms. The van der Waals surface area contributed by atoms with Crippen molar-refractivity contribution in [3.05, 3.63) is 59.2 Å². The Morgan fingerprint density at radius 1 is 1.25 bits per heavy atom. The first-order valence-electron chi connectivity index (χ1n) is 6.40. The molecule has 1 aliphatic heterocycles. The van der Waals surface area contributed by atoms with Gasteiger partial charge in [0.25, 0.3) is 0 Å². The van der Waals surface area contributed by atoms with E-state index < -0.39 is 0 Å². The molecule has 0 saturated heterocycles. The summed E-state index contributed by atoms with van der Waals surface area (Å²) in [5.74, 6) is 1.55. The molecular weight excluding hydrogens is 252 g/mol. The van der Waals surface area contributed by atoms with Gasteiger partial charge in [-0.3, -0.25) is 0 Å². The lowest BCUT2D eigenvalue weighted by molar-refractivity contribution is 0.301. The molecule has 0 spiro atoms. The van der Waals surface area contributed by atoms with Crippen LogP contribution in [0.5, 0.6) is 11.5 Å². The number of ether oxygens (including phenoxy) is 2. The zero-order valence-electron chi connectivity index (χ0n) is 10.9. The van der Waals surface area contributed by atoms with Gasteiger partial charge in [-0.2, -0.15) is 5.26 Å². The average molecular weight is 266 g/mol.